The number of nitrogens with zero attached hydrogens (tertiary/aromatic N) is 2. The highest BCUT2D eigenvalue weighted by atomic mass is 35.5. The van der Waals surface area contributed by atoms with Gasteiger partial charge in [-0.3, -0.25) is 19.4 Å². The summed E-state index contributed by atoms with van der Waals surface area (Å²) < 4.78 is 4.94. The number of esters is 1. The van der Waals surface area contributed by atoms with Gasteiger partial charge in [-0.2, -0.15) is 0 Å². The van der Waals surface area contributed by atoms with Crippen molar-refractivity contribution in [2.24, 2.45) is 0 Å². The second-order valence-electron chi connectivity index (χ2n) is 5.39. The van der Waals surface area contributed by atoms with Crippen molar-refractivity contribution in [2.45, 2.75) is 6.92 Å². The highest BCUT2D eigenvalue weighted by Crippen LogP contribution is 2.20. The molecule has 7 heteroatoms. The average molecular weight is 340 g/mol. The van der Waals surface area contributed by atoms with Crippen molar-refractivity contribution in [1.82, 2.24) is 9.80 Å². The zero-order valence-corrected chi connectivity index (χ0v) is 14.0. The van der Waals surface area contributed by atoms with Crippen LogP contribution in [0.3, 0.4) is 0 Å². The van der Waals surface area contributed by atoms with Gasteiger partial charge < -0.3 is 10.1 Å². The molecule has 126 valence electrons. The third kappa shape index (κ3) is 5.82. The van der Waals surface area contributed by atoms with Gasteiger partial charge in [0.1, 0.15) is 0 Å². The molecule has 1 aliphatic rings. The van der Waals surface area contributed by atoms with E-state index in [-0.39, 0.29) is 11.9 Å². The van der Waals surface area contributed by atoms with E-state index in [2.05, 4.69) is 10.2 Å². The summed E-state index contributed by atoms with van der Waals surface area (Å²) in [7, 11) is 0. The van der Waals surface area contributed by atoms with Crippen LogP contribution in [0.25, 0.3) is 0 Å². The fraction of sp³-hybridized carbons (Fsp3) is 0.500. The third-order valence-electron chi connectivity index (χ3n) is 3.64. The summed E-state index contributed by atoms with van der Waals surface area (Å²) in [5, 5.41) is 3.35. The maximum atomic E-state index is 12.1. The number of nitrogens with one attached hydrogen (secondary N) is 1. The lowest BCUT2D eigenvalue weighted by atomic mass is 10.3. The highest BCUT2D eigenvalue weighted by molar-refractivity contribution is 6.33. The van der Waals surface area contributed by atoms with Crippen LogP contribution in [0.15, 0.2) is 24.3 Å². The number of amides is 1. The van der Waals surface area contributed by atoms with Crippen molar-refractivity contribution in [1.29, 1.82) is 0 Å². The number of para-hydroxylation sites is 1. The standard InChI is InChI=1S/C16H22ClN3O3/c1-2-23-16(22)12-20-9-7-19(8-10-20)11-15(21)18-14-6-4-3-5-13(14)17/h3-6H,2,7-12H2,1H3,(H,18,21). The summed E-state index contributed by atoms with van der Waals surface area (Å²) in [6, 6.07) is 7.17. The number of benzene rings is 1. The van der Waals surface area contributed by atoms with Crippen LogP contribution >= 0.6 is 11.6 Å². The Bertz CT molecular complexity index is 545. The molecule has 1 aromatic rings. The molecule has 1 amide bonds. The lowest BCUT2D eigenvalue weighted by Gasteiger charge is -2.33. The zero-order valence-electron chi connectivity index (χ0n) is 13.3. The van der Waals surface area contributed by atoms with Crippen molar-refractivity contribution < 1.29 is 14.3 Å². The molecule has 0 bridgehead atoms. The van der Waals surface area contributed by atoms with Crippen LogP contribution in [0.4, 0.5) is 5.69 Å². The molecule has 1 fully saturated rings. The molecule has 2 rings (SSSR count). The molecular formula is C16H22ClN3O3. The van der Waals surface area contributed by atoms with Crippen LogP contribution in [0.2, 0.25) is 5.02 Å². The van der Waals surface area contributed by atoms with Gasteiger partial charge in [0.2, 0.25) is 5.91 Å². The Morgan fingerprint density at radius 1 is 1.13 bits per heavy atom. The Balaban J connectivity index is 1.72. The van der Waals surface area contributed by atoms with Crippen LogP contribution in [0, 0.1) is 0 Å². The number of rotatable bonds is 6. The molecule has 1 aromatic carbocycles. The van der Waals surface area contributed by atoms with Crippen molar-refractivity contribution in [2.75, 3.05) is 51.2 Å². The number of carbonyl (C=O) groups excluding carboxylic acids is 2. The van der Waals surface area contributed by atoms with Crippen LogP contribution < -0.4 is 5.32 Å². The molecule has 23 heavy (non-hydrogen) atoms. The molecule has 0 unspecified atom stereocenters. The van der Waals surface area contributed by atoms with Gasteiger partial charge in [0.15, 0.2) is 0 Å². The van der Waals surface area contributed by atoms with Crippen molar-refractivity contribution in [3.05, 3.63) is 29.3 Å². The largest absolute Gasteiger partial charge is 0.465 e. The summed E-state index contributed by atoms with van der Waals surface area (Å²) in [4.78, 5) is 27.6. The minimum atomic E-state index is -0.197. The Labute approximate surface area is 141 Å². The van der Waals surface area contributed by atoms with Gasteiger partial charge in [0.25, 0.3) is 0 Å². The number of piperazine rings is 1. The normalized spacial score (nSPS) is 16.1. The first-order chi connectivity index (χ1) is 11.1. The molecular weight excluding hydrogens is 318 g/mol. The molecule has 0 atom stereocenters. The average Bonchev–Trinajstić information content (AvgIpc) is 2.52. The maximum Gasteiger partial charge on any atom is 0.320 e. The zero-order chi connectivity index (χ0) is 16.7. The number of ether oxygens (including phenoxy) is 1. The summed E-state index contributed by atoms with van der Waals surface area (Å²) >= 11 is 6.03. The number of hydrogen-bond acceptors (Lipinski definition) is 5. The van der Waals surface area contributed by atoms with E-state index in [0.29, 0.717) is 30.4 Å². The SMILES string of the molecule is CCOC(=O)CN1CCN(CC(=O)Nc2ccccc2Cl)CC1. The van der Waals surface area contributed by atoms with Crippen molar-refractivity contribution >= 4 is 29.2 Å². The molecule has 0 saturated carbocycles. The first kappa shape index (κ1) is 17.7. The topological polar surface area (TPSA) is 61.9 Å². The van der Waals surface area contributed by atoms with E-state index in [1.807, 2.05) is 17.0 Å². The predicted molar refractivity (Wildman–Crippen MR) is 89.6 cm³/mol. The fourth-order valence-electron chi connectivity index (χ4n) is 2.45. The number of carbonyl (C=O) groups is 2. The monoisotopic (exact) mass is 339 g/mol. The van der Waals surface area contributed by atoms with Gasteiger partial charge >= 0.3 is 5.97 Å². The molecule has 1 saturated heterocycles. The Morgan fingerprint density at radius 3 is 2.35 bits per heavy atom. The first-order valence-electron chi connectivity index (χ1n) is 7.73. The second kappa shape index (κ2) is 8.86. The van der Waals surface area contributed by atoms with Gasteiger partial charge in [0, 0.05) is 26.2 Å². The molecule has 1 heterocycles. The molecule has 0 radical (unpaired) electrons. The molecule has 0 aromatic heterocycles. The molecule has 0 aliphatic carbocycles. The summed E-state index contributed by atoms with van der Waals surface area (Å²) in [6.45, 7) is 5.82. The van der Waals surface area contributed by atoms with E-state index in [9.17, 15) is 9.59 Å². The second-order valence-corrected chi connectivity index (χ2v) is 5.79. The molecule has 1 aliphatic heterocycles. The summed E-state index contributed by atoms with van der Waals surface area (Å²) in [6.07, 6.45) is 0. The van der Waals surface area contributed by atoms with Gasteiger partial charge in [-0.1, -0.05) is 23.7 Å². The van der Waals surface area contributed by atoms with Crippen LogP contribution in [-0.2, 0) is 14.3 Å². The third-order valence-corrected chi connectivity index (χ3v) is 3.97. The molecule has 1 N–H and O–H groups in total. The molecule has 0 spiro atoms. The number of hydrogen-bond donors (Lipinski definition) is 1. The van der Waals surface area contributed by atoms with E-state index < -0.39 is 0 Å². The van der Waals surface area contributed by atoms with Gasteiger partial charge in [-0.15, -0.1) is 0 Å². The fourth-order valence-corrected chi connectivity index (χ4v) is 2.63. The predicted octanol–water partition coefficient (Wildman–Crippen LogP) is 1.46. The van der Waals surface area contributed by atoms with Crippen molar-refractivity contribution in [3.63, 3.8) is 0 Å². The lowest BCUT2D eigenvalue weighted by Crippen LogP contribution is -2.49. The van der Waals surface area contributed by atoms with E-state index in [4.69, 9.17) is 16.3 Å². The van der Waals surface area contributed by atoms with Crippen molar-refractivity contribution in [3.8, 4) is 0 Å². The smallest absolute Gasteiger partial charge is 0.320 e. The van der Waals surface area contributed by atoms with E-state index in [1.165, 1.54) is 0 Å². The van der Waals surface area contributed by atoms with Crippen LogP contribution in [-0.4, -0.2) is 67.6 Å². The highest BCUT2D eigenvalue weighted by Gasteiger charge is 2.21. The minimum absolute atomic E-state index is 0.0862. The number of halogens is 1. The Hall–Kier alpha value is -1.63. The first-order valence-corrected chi connectivity index (χ1v) is 8.11. The van der Waals surface area contributed by atoms with Gasteiger partial charge in [-0.05, 0) is 19.1 Å². The molecule has 6 nitrogen and oxygen atoms in total. The number of anilines is 1. The quantitative estimate of drug-likeness (QED) is 0.795. The van der Waals surface area contributed by atoms with E-state index in [0.717, 1.165) is 26.2 Å². The lowest BCUT2D eigenvalue weighted by molar-refractivity contribution is -0.145. The van der Waals surface area contributed by atoms with E-state index in [1.54, 1.807) is 19.1 Å². The summed E-state index contributed by atoms with van der Waals surface area (Å²) in [5.41, 5.74) is 0.625. The minimum Gasteiger partial charge on any atom is -0.465 e. The van der Waals surface area contributed by atoms with Crippen LogP contribution in [0.5, 0.6) is 0 Å². The van der Waals surface area contributed by atoms with Crippen LogP contribution in [0.1, 0.15) is 6.92 Å². The Kier molecular flexibility index (Phi) is 6.83. The van der Waals surface area contributed by atoms with E-state index >= 15 is 0 Å². The maximum absolute atomic E-state index is 12.1. The summed E-state index contributed by atoms with van der Waals surface area (Å²) in [5.74, 6) is -0.283. The van der Waals surface area contributed by atoms with Gasteiger partial charge in [-0.25, -0.2) is 0 Å². The Morgan fingerprint density at radius 2 is 1.74 bits per heavy atom. The van der Waals surface area contributed by atoms with Gasteiger partial charge in [0.05, 0.1) is 30.4 Å².